The summed E-state index contributed by atoms with van der Waals surface area (Å²) < 4.78 is 32.3. The van der Waals surface area contributed by atoms with Crippen LogP contribution in [0.2, 0.25) is 0 Å². The van der Waals surface area contributed by atoms with Crippen molar-refractivity contribution in [3.63, 3.8) is 0 Å². The maximum Gasteiger partial charge on any atom is 0.337 e. The minimum absolute atomic E-state index is 0.196. The fraction of sp³-hybridized carbons (Fsp3) is 0.286. The number of thiazole rings is 1. The van der Waals surface area contributed by atoms with Gasteiger partial charge < -0.3 is 9.30 Å². The third kappa shape index (κ3) is 4.68. The van der Waals surface area contributed by atoms with Gasteiger partial charge in [-0.15, -0.1) is 0 Å². The summed E-state index contributed by atoms with van der Waals surface area (Å²) in [6.45, 7) is 4.37. The molecule has 0 unspecified atom stereocenters. The fourth-order valence-electron chi connectivity index (χ4n) is 2.96. The number of carbonyl (C=O) groups excluding carboxylic acids is 2. The molecule has 2 aromatic carbocycles. The number of ether oxygens (including phenoxy) is 1. The van der Waals surface area contributed by atoms with Crippen LogP contribution in [0, 0.1) is 6.92 Å². The monoisotopic (exact) mass is 446 g/mol. The van der Waals surface area contributed by atoms with Gasteiger partial charge in [-0.2, -0.15) is 4.99 Å². The van der Waals surface area contributed by atoms with Crippen LogP contribution in [0.5, 0.6) is 0 Å². The Morgan fingerprint density at radius 1 is 1.13 bits per heavy atom. The highest BCUT2D eigenvalue weighted by Gasteiger charge is 2.17. The minimum atomic E-state index is -3.56. The molecule has 0 saturated carbocycles. The van der Waals surface area contributed by atoms with Crippen LogP contribution in [0.25, 0.3) is 10.2 Å². The van der Waals surface area contributed by atoms with Gasteiger partial charge in [0.1, 0.15) is 0 Å². The third-order valence-electron chi connectivity index (χ3n) is 4.61. The summed E-state index contributed by atoms with van der Waals surface area (Å²) in [6, 6.07) is 11.7. The fourth-order valence-corrected chi connectivity index (χ4v) is 5.34. The molecular formula is C21H22N2O5S2. The van der Waals surface area contributed by atoms with E-state index in [1.54, 1.807) is 42.5 Å². The van der Waals surface area contributed by atoms with E-state index in [0.29, 0.717) is 16.9 Å². The van der Waals surface area contributed by atoms with Crippen molar-refractivity contribution in [1.82, 2.24) is 4.57 Å². The summed E-state index contributed by atoms with van der Waals surface area (Å²) in [5.41, 5.74) is 2.22. The molecule has 9 heteroatoms. The summed E-state index contributed by atoms with van der Waals surface area (Å²) >= 11 is 1.27. The summed E-state index contributed by atoms with van der Waals surface area (Å²) in [5, 5.41) is 0. The summed E-state index contributed by atoms with van der Waals surface area (Å²) in [7, 11) is -2.24. The molecular weight excluding hydrogens is 424 g/mol. The van der Waals surface area contributed by atoms with Crippen molar-refractivity contribution in [3.8, 4) is 0 Å². The Morgan fingerprint density at radius 3 is 2.47 bits per heavy atom. The smallest absolute Gasteiger partial charge is 0.337 e. The molecule has 1 amide bonds. The van der Waals surface area contributed by atoms with Crippen molar-refractivity contribution in [2.24, 2.45) is 4.99 Å². The lowest BCUT2D eigenvalue weighted by atomic mass is 10.2. The Labute approximate surface area is 178 Å². The van der Waals surface area contributed by atoms with Crippen LogP contribution in [0.1, 0.15) is 29.3 Å². The van der Waals surface area contributed by atoms with E-state index in [2.05, 4.69) is 4.99 Å². The molecule has 0 saturated heterocycles. The van der Waals surface area contributed by atoms with Crippen LogP contribution in [0.15, 0.2) is 52.4 Å². The average molecular weight is 447 g/mol. The lowest BCUT2D eigenvalue weighted by molar-refractivity contribution is -0.117. The molecule has 0 N–H and O–H groups in total. The number of hydrogen-bond donors (Lipinski definition) is 0. The second kappa shape index (κ2) is 8.93. The third-order valence-corrected chi connectivity index (χ3v) is 7.38. The van der Waals surface area contributed by atoms with E-state index in [4.69, 9.17) is 4.74 Å². The van der Waals surface area contributed by atoms with Crippen LogP contribution >= 0.6 is 11.3 Å². The second-order valence-corrected chi connectivity index (χ2v) is 9.81. The van der Waals surface area contributed by atoms with Crippen molar-refractivity contribution in [3.05, 3.63) is 58.4 Å². The normalized spacial score (nSPS) is 12.3. The molecule has 0 atom stereocenters. The number of aromatic nitrogens is 1. The van der Waals surface area contributed by atoms with Crippen molar-refractivity contribution in [1.29, 1.82) is 0 Å². The van der Waals surface area contributed by atoms with E-state index < -0.39 is 21.7 Å². The number of methoxy groups -OCH3 is 1. The number of carbonyl (C=O) groups is 2. The van der Waals surface area contributed by atoms with Crippen molar-refractivity contribution in [2.45, 2.75) is 31.7 Å². The molecule has 0 aliphatic carbocycles. The summed E-state index contributed by atoms with van der Waals surface area (Å²) in [6.07, 6.45) is -0.207. The van der Waals surface area contributed by atoms with Gasteiger partial charge in [0.05, 0.1) is 33.5 Å². The molecule has 3 aromatic rings. The Balaban J connectivity index is 1.85. The van der Waals surface area contributed by atoms with Gasteiger partial charge in [-0.05, 0) is 44.2 Å². The van der Waals surface area contributed by atoms with Gasteiger partial charge in [-0.25, -0.2) is 13.2 Å². The Kier molecular flexibility index (Phi) is 6.52. The molecule has 30 heavy (non-hydrogen) atoms. The van der Waals surface area contributed by atoms with Crippen LogP contribution in [0.3, 0.4) is 0 Å². The number of hydrogen-bond acceptors (Lipinski definition) is 6. The average Bonchev–Trinajstić information content (AvgIpc) is 3.08. The molecule has 7 nitrogen and oxygen atoms in total. The SMILES string of the molecule is CCn1c(=NC(=O)CCS(=O)(=O)c2ccc(C)cc2)sc2cc(C(=O)OC)ccc21. The standard InChI is InChI=1S/C21H22N2O5S2/c1-4-23-17-10-7-15(20(25)28-3)13-18(17)29-21(23)22-19(24)11-12-30(26,27)16-8-5-14(2)6-9-16/h5-10,13H,4,11-12H2,1-3H3. The molecule has 3 rings (SSSR count). The summed E-state index contributed by atoms with van der Waals surface area (Å²) in [4.78, 5) is 28.9. The van der Waals surface area contributed by atoms with Crippen molar-refractivity contribution >= 4 is 43.3 Å². The van der Waals surface area contributed by atoms with E-state index in [0.717, 1.165) is 15.8 Å². The maximum atomic E-state index is 12.5. The van der Waals surface area contributed by atoms with Crippen LogP contribution in [-0.2, 0) is 25.9 Å². The highest BCUT2D eigenvalue weighted by molar-refractivity contribution is 7.91. The van der Waals surface area contributed by atoms with Gasteiger partial charge in [0.25, 0.3) is 0 Å². The lowest BCUT2D eigenvalue weighted by Crippen LogP contribution is -2.17. The molecule has 0 aliphatic heterocycles. The maximum absolute atomic E-state index is 12.5. The first-order valence-electron chi connectivity index (χ1n) is 9.34. The number of esters is 1. The van der Waals surface area contributed by atoms with Crippen molar-refractivity contribution in [2.75, 3.05) is 12.9 Å². The molecule has 1 aromatic heterocycles. The zero-order valence-corrected chi connectivity index (χ0v) is 18.5. The predicted octanol–water partition coefficient (Wildman–Crippen LogP) is 3.11. The quantitative estimate of drug-likeness (QED) is 0.542. The number of amides is 1. The van der Waals surface area contributed by atoms with Gasteiger partial charge >= 0.3 is 5.97 Å². The van der Waals surface area contributed by atoms with Gasteiger partial charge in [-0.1, -0.05) is 29.0 Å². The van der Waals surface area contributed by atoms with E-state index in [-0.39, 0.29) is 17.1 Å². The lowest BCUT2D eigenvalue weighted by Gasteiger charge is -2.03. The van der Waals surface area contributed by atoms with Gasteiger partial charge in [0, 0.05) is 13.0 Å². The van der Waals surface area contributed by atoms with Crippen LogP contribution in [-0.4, -0.2) is 37.7 Å². The van der Waals surface area contributed by atoms with Crippen LogP contribution < -0.4 is 4.80 Å². The Morgan fingerprint density at radius 2 is 1.83 bits per heavy atom. The Bertz CT molecular complexity index is 1270. The molecule has 1 heterocycles. The molecule has 0 spiro atoms. The van der Waals surface area contributed by atoms with Gasteiger partial charge in [0.15, 0.2) is 14.6 Å². The van der Waals surface area contributed by atoms with Crippen molar-refractivity contribution < 1.29 is 22.7 Å². The van der Waals surface area contributed by atoms with E-state index in [9.17, 15) is 18.0 Å². The van der Waals surface area contributed by atoms with Gasteiger partial charge in [0.2, 0.25) is 5.91 Å². The molecule has 158 valence electrons. The zero-order valence-electron chi connectivity index (χ0n) is 16.9. The minimum Gasteiger partial charge on any atom is -0.465 e. The van der Waals surface area contributed by atoms with E-state index in [1.807, 2.05) is 18.4 Å². The number of sulfone groups is 1. The molecule has 0 fully saturated rings. The number of nitrogens with zero attached hydrogens (tertiary/aromatic N) is 2. The predicted molar refractivity (Wildman–Crippen MR) is 115 cm³/mol. The molecule has 0 aliphatic rings. The topological polar surface area (TPSA) is 94.8 Å². The highest BCUT2D eigenvalue weighted by atomic mass is 32.2. The largest absolute Gasteiger partial charge is 0.465 e. The van der Waals surface area contributed by atoms with Gasteiger partial charge in [-0.3, -0.25) is 4.79 Å². The number of rotatable bonds is 6. The second-order valence-electron chi connectivity index (χ2n) is 6.69. The Hall–Kier alpha value is -2.78. The number of fused-ring (bicyclic) bond motifs is 1. The van der Waals surface area contributed by atoms with E-state index >= 15 is 0 Å². The van der Waals surface area contributed by atoms with E-state index in [1.165, 1.54) is 18.4 Å². The highest BCUT2D eigenvalue weighted by Crippen LogP contribution is 2.20. The number of benzene rings is 2. The number of aryl methyl sites for hydroxylation is 2. The van der Waals surface area contributed by atoms with Crippen LogP contribution in [0.4, 0.5) is 0 Å². The summed E-state index contributed by atoms with van der Waals surface area (Å²) in [5.74, 6) is -1.25. The zero-order chi connectivity index (χ0) is 21.9. The molecule has 0 bridgehead atoms. The first-order valence-corrected chi connectivity index (χ1v) is 11.8. The first kappa shape index (κ1) is 21.9. The first-order chi connectivity index (χ1) is 14.2. The molecule has 0 radical (unpaired) electrons.